The predicted molar refractivity (Wildman–Crippen MR) is 134 cm³/mol. The fraction of sp³-hybridized carbons (Fsp3) is 0.448. The number of carbonyl (C=O) groups is 2. The number of ketones is 1. The van der Waals surface area contributed by atoms with Crippen LogP contribution in [0.25, 0.3) is 5.76 Å². The van der Waals surface area contributed by atoms with Gasteiger partial charge in [0.15, 0.2) is 0 Å². The standard InChI is InChI=1S/C29H35NO4/c1-6-34-22-13-9-10-19(16-22)25-24(27(32)28(33)30(25)21-11-7-8-12-21)26(31)23-17-20(29(3,4)5)15-14-18(23)2/h9-10,13-17,21,25,31H,6-8,11-12H2,1-5H3/b26-24+. The molecule has 1 unspecified atom stereocenters. The van der Waals surface area contributed by atoms with Crippen LogP contribution in [-0.2, 0) is 15.0 Å². The predicted octanol–water partition coefficient (Wildman–Crippen LogP) is 6.06. The highest BCUT2D eigenvalue weighted by atomic mass is 16.5. The van der Waals surface area contributed by atoms with Gasteiger partial charge in [0.2, 0.25) is 0 Å². The van der Waals surface area contributed by atoms with Crippen molar-refractivity contribution < 1.29 is 19.4 Å². The molecule has 1 N–H and O–H groups in total. The maximum atomic E-state index is 13.4. The van der Waals surface area contributed by atoms with Crippen LogP contribution in [0.15, 0.2) is 48.0 Å². The Morgan fingerprint density at radius 1 is 1.09 bits per heavy atom. The minimum absolute atomic E-state index is 0.00972. The van der Waals surface area contributed by atoms with Gasteiger partial charge in [0.25, 0.3) is 11.7 Å². The van der Waals surface area contributed by atoms with Crippen LogP contribution in [-0.4, -0.2) is 34.3 Å². The van der Waals surface area contributed by atoms with Gasteiger partial charge in [0.1, 0.15) is 11.5 Å². The number of rotatable bonds is 5. The van der Waals surface area contributed by atoms with E-state index in [1.807, 2.05) is 56.3 Å². The molecule has 34 heavy (non-hydrogen) atoms. The van der Waals surface area contributed by atoms with Crippen LogP contribution in [0.4, 0.5) is 0 Å². The van der Waals surface area contributed by atoms with Gasteiger partial charge in [-0.25, -0.2) is 0 Å². The first-order chi connectivity index (χ1) is 16.1. The van der Waals surface area contributed by atoms with E-state index in [0.29, 0.717) is 17.9 Å². The number of carbonyl (C=O) groups excluding carboxylic acids is 2. The first-order valence-corrected chi connectivity index (χ1v) is 12.3. The van der Waals surface area contributed by atoms with E-state index >= 15 is 0 Å². The van der Waals surface area contributed by atoms with Gasteiger partial charge in [0, 0.05) is 11.6 Å². The third-order valence-electron chi connectivity index (χ3n) is 7.04. The van der Waals surface area contributed by atoms with Gasteiger partial charge >= 0.3 is 0 Å². The Kier molecular flexibility index (Phi) is 6.57. The molecule has 2 fully saturated rings. The summed E-state index contributed by atoms with van der Waals surface area (Å²) < 4.78 is 5.71. The summed E-state index contributed by atoms with van der Waals surface area (Å²) in [5, 5.41) is 11.6. The molecule has 5 nitrogen and oxygen atoms in total. The summed E-state index contributed by atoms with van der Waals surface area (Å²) in [5.74, 6) is -0.557. The maximum Gasteiger partial charge on any atom is 0.295 e. The molecule has 1 heterocycles. The monoisotopic (exact) mass is 461 g/mol. The highest BCUT2D eigenvalue weighted by Gasteiger charge is 2.49. The number of Topliss-reactive ketones (excluding diaryl/α,β-unsaturated/α-hetero) is 1. The molecular formula is C29H35NO4. The quantitative estimate of drug-likeness (QED) is 0.334. The molecule has 5 heteroatoms. The second-order valence-electron chi connectivity index (χ2n) is 10.4. The summed E-state index contributed by atoms with van der Waals surface area (Å²) in [7, 11) is 0. The van der Waals surface area contributed by atoms with E-state index in [1.165, 1.54) is 0 Å². The number of aryl methyl sites for hydroxylation is 1. The Labute approximate surface area is 202 Å². The Bertz CT molecular complexity index is 1140. The molecular weight excluding hydrogens is 426 g/mol. The lowest BCUT2D eigenvalue weighted by Gasteiger charge is -2.31. The van der Waals surface area contributed by atoms with Crippen molar-refractivity contribution in [2.24, 2.45) is 0 Å². The number of amides is 1. The minimum Gasteiger partial charge on any atom is -0.507 e. The fourth-order valence-electron chi connectivity index (χ4n) is 5.17. The average Bonchev–Trinajstić information content (AvgIpc) is 3.40. The van der Waals surface area contributed by atoms with E-state index in [-0.39, 0.29) is 22.8 Å². The van der Waals surface area contributed by atoms with Crippen molar-refractivity contribution >= 4 is 17.4 Å². The van der Waals surface area contributed by atoms with E-state index in [9.17, 15) is 14.7 Å². The summed E-state index contributed by atoms with van der Waals surface area (Å²) in [6.45, 7) is 10.7. The zero-order valence-electron chi connectivity index (χ0n) is 20.9. The topological polar surface area (TPSA) is 66.8 Å². The number of aliphatic hydroxyl groups is 1. The lowest BCUT2D eigenvalue weighted by atomic mass is 9.84. The molecule has 2 aliphatic rings. The number of aliphatic hydroxyl groups excluding tert-OH is 1. The molecule has 0 bridgehead atoms. The van der Waals surface area contributed by atoms with E-state index in [4.69, 9.17) is 4.74 Å². The Balaban J connectivity index is 1.92. The summed E-state index contributed by atoms with van der Waals surface area (Å²) in [5.41, 5.74) is 3.34. The summed E-state index contributed by atoms with van der Waals surface area (Å²) in [6.07, 6.45) is 3.80. The number of likely N-dealkylation sites (tertiary alicyclic amines) is 1. The third-order valence-corrected chi connectivity index (χ3v) is 7.04. The average molecular weight is 462 g/mol. The van der Waals surface area contributed by atoms with Gasteiger partial charge in [-0.15, -0.1) is 0 Å². The molecule has 0 radical (unpaired) electrons. The fourth-order valence-corrected chi connectivity index (χ4v) is 5.17. The van der Waals surface area contributed by atoms with Gasteiger partial charge in [-0.05, 0) is 67.0 Å². The normalized spacial score (nSPS) is 20.9. The summed E-state index contributed by atoms with van der Waals surface area (Å²) >= 11 is 0. The Hall–Kier alpha value is -3.08. The van der Waals surface area contributed by atoms with Crippen molar-refractivity contribution in [2.45, 2.75) is 77.8 Å². The Morgan fingerprint density at radius 2 is 1.79 bits per heavy atom. The molecule has 0 aromatic heterocycles. The highest BCUT2D eigenvalue weighted by molar-refractivity contribution is 6.46. The second-order valence-corrected chi connectivity index (χ2v) is 10.4. The summed E-state index contributed by atoms with van der Waals surface area (Å²) in [4.78, 5) is 28.5. The SMILES string of the molecule is CCOc1cccc(C2/C(=C(\O)c3cc(C(C)(C)C)ccc3C)C(=O)C(=O)N2C2CCCC2)c1. The first kappa shape index (κ1) is 24.1. The molecule has 1 atom stereocenters. The van der Waals surface area contributed by atoms with Crippen molar-refractivity contribution in [2.75, 3.05) is 6.61 Å². The van der Waals surface area contributed by atoms with Crippen molar-refractivity contribution in [1.29, 1.82) is 0 Å². The largest absolute Gasteiger partial charge is 0.507 e. The maximum absolute atomic E-state index is 13.4. The number of hydrogen-bond acceptors (Lipinski definition) is 4. The van der Waals surface area contributed by atoms with Crippen LogP contribution in [0, 0.1) is 6.92 Å². The van der Waals surface area contributed by atoms with E-state index in [2.05, 4.69) is 20.8 Å². The van der Waals surface area contributed by atoms with Gasteiger partial charge in [-0.3, -0.25) is 9.59 Å². The first-order valence-electron chi connectivity index (χ1n) is 12.3. The second kappa shape index (κ2) is 9.28. The summed E-state index contributed by atoms with van der Waals surface area (Å²) in [6, 6.07) is 12.8. The number of benzene rings is 2. The molecule has 1 saturated carbocycles. The van der Waals surface area contributed by atoms with Crippen LogP contribution < -0.4 is 4.74 Å². The molecule has 1 aliphatic heterocycles. The molecule has 2 aromatic rings. The molecule has 4 rings (SSSR count). The van der Waals surface area contributed by atoms with Crippen LogP contribution in [0.2, 0.25) is 0 Å². The van der Waals surface area contributed by atoms with Gasteiger partial charge in [-0.2, -0.15) is 0 Å². The lowest BCUT2D eigenvalue weighted by Crippen LogP contribution is -2.37. The lowest BCUT2D eigenvalue weighted by molar-refractivity contribution is -0.141. The zero-order valence-corrected chi connectivity index (χ0v) is 20.9. The van der Waals surface area contributed by atoms with Gasteiger partial charge in [0.05, 0.1) is 18.2 Å². The number of nitrogens with zero attached hydrogens (tertiary/aromatic N) is 1. The number of ether oxygens (including phenoxy) is 1. The number of hydrogen-bond donors (Lipinski definition) is 1. The minimum atomic E-state index is -0.638. The van der Waals surface area contributed by atoms with E-state index in [0.717, 1.165) is 42.4 Å². The van der Waals surface area contributed by atoms with Gasteiger partial charge < -0.3 is 14.7 Å². The smallest absolute Gasteiger partial charge is 0.295 e. The molecule has 0 spiro atoms. The molecule has 1 amide bonds. The zero-order chi connectivity index (χ0) is 24.6. The van der Waals surface area contributed by atoms with Crippen molar-refractivity contribution in [3.63, 3.8) is 0 Å². The van der Waals surface area contributed by atoms with Crippen LogP contribution in [0.5, 0.6) is 5.75 Å². The molecule has 2 aromatic carbocycles. The van der Waals surface area contributed by atoms with Crippen molar-refractivity contribution in [3.05, 3.63) is 70.3 Å². The third kappa shape index (κ3) is 4.36. The van der Waals surface area contributed by atoms with Gasteiger partial charge in [-0.1, -0.05) is 57.9 Å². The van der Waals surface area contributed by atoms with Crippen molar-refractivity contribution in [1.82, 2.24) is 4.90 Å². The van der Waals surface area contributed by atoms with E-state index < -0.39 is 17.7 Å². The molecule has 1 saturated heterocycles. The van der Waals surface area contributed by atoms with Crippen LogP contribution >= 0.6 is 0 Å². The van der Waals surface area contributed by atoms with E-state index in [1.54, 1.807) is 4.90 Å². The van der Waals surface area contributed by atoms with Crippen molar-refractivity contribution in [3.8, 4) is 5.75 Å². The Morgan fingerprint density at radius 3 is 2.44 bits per heavy atom. The highest BCUT2D eigenvalue weighted by Crippen LogP contribution is 2.44. The van der Waals surface area contributed by atoms with Crippen LogP contribution in [0.3, 0.4) is 0 Å². The van der Waals surface area contributed by atoms with Crippen LogP contribution in [0.1, 0.15) is 81.7 Å². The molecule has 180 valence electrons. The molecule has 1 aliphatic carbocycles.